The molecule has 1 aliphatic rings. The van der Waals surface area contributed by atoms with Crippen molar-refractivity contribution in [3.8, 4) is 0 Å². The molecule has 0 unspecified atom stereocenters. The molecule has 0 heterocycles. The molecule has 0 amide bonds. The molecule has 1 aliphatic carbocycles. The van der Waals surface area contributed by atoms with Crippen molar-refractivity contribution in [2.24, 2.45) is 5.73 Å². The predicted octanol–water partition coefficient (Wildman–Crippen LogP) is 3.84. The molecule has 21 heavy (non-hydrogen) atoms. The number of hydrogen-bond donors (Lipinski definition) is 2. The molecule has 0 radical (unpaired) electrons. The molecular formula is C18H18N2S. The summed E-state index contributed by atoms with van der Waals surface area (Å²) in [4.78, 5) is 0. The molecule has 2 nitrogen and oxygen atoms in total. The number of nitrogens with one attached hydrogen (secondary N) is 1. The third-order valence-electron chi connectivity index (χ3n) is 3.81. The van der Waals surface area contributed by atoms with Crippen LogP contribution in [0.5, 0.6) is 0 Å². The molecule has 2 aromatic rings. The van der Waals surface area contributed by atoms with Crippen molar-refractivity contribution in [2.75, 3.05) is 5.75 Å². The quantitative estimate of drug-likeness (QED) is 0.653. The largest absolute Gasteiger partial charge is 0.379 e. The van der Waals surface area contributed by atoms with Gasteiger partial charge in [-0.3, -0.25) is 5.41 Å². The summed E-state index contributed by atoms with van der Waals surface area (Å²) in [7, 11) is 0. The molecule has 0 bridgehead atoms. The molecule has 3 heteroatoms. The number of rotatable bonds is 2. The molecule has 2 aromatic carbocycles. The Morgan fingerprint density at radius 3 is 2.05 bits per heavy atom. The summed E-state index contributed by atoms with van der Waals surface area (Å²) in [5.74, 6) is 0.729. The van der Waals surface area contributed by atoms with E-state index in [2.05, 4.69) is 54.6 Å². The van der Waals surface area contributed by atoms with Gasteiger partial charge >= 0.3 is 0 Å². The zero-order valence-corrected chi connectivity index (χ0v) is 12.6. The maximum atomic E-state index is 7.36. The maximum Gasteiger partial charge on any atom is 0.151 e. The van der Waals surface area contributed by atoms with E-state index in [1.807, 2.05) is 0 Å². The molecule has 3 N–H and O–H groups in total. The number of benzene rings is 2. The Hall–Kier alpha value is -2.00. The van der Waals surface area contributed by atoms with Crippen molar-refractivity contribution in [3.05, 3.63) is 76.9 Å². The lowest BCUT2D eigenvalue weighted by atomic mass is 9.94. The second-order valence-corrected chi connectivity index (χ2v) is 6.17. The van der Waals surface area contributed by atoms with Crippen LogP contribution in [0.4, 0.5) is 0 Å². The summed E-state index contributed by atoms with van der Waals surface area (Å²) in [5, 5.41) is 7.52. The van der Waals surface area contributed by atoms with Gasteiger partial charge in [0, 0.05) is 5.75 Å². The second-order valence-electron chi connectivity index (χ2n) is 5.11. The summed E-state index contributed by atoms with van der Waals surface area (Å²) in [6.07, 6.45) is 4.35. The van der Waals surface area contributed by atoms with Gasteiger partial charge in [0.05, 0.1) is 0 Å². The predicted molar refractivity (Wildman–Crippen MR) is 91.7 cm³/mol. The maximum absolute atomic E-state index is 7.36. The van der Waals surface area contributed by atoms with Crippen LogP contribution in [0.25, 0.3) is 5.57 Å². The minimum atomic E-state index is 0.169. The topological polar surface area (TPSA) is 49.9 Å². The smallest absolute Gasteiger partial charge is 0.151 e. The van der Waals surface area contributed by atoms with Crippen molar-refractivity contribution in [1.29, 1.82) is 5.41 Å². The highest BCUT2D eigenvalue weighted by Crippen LogP contribution is 2.33. The van der Waals surface area contributed by atoms with E-state index in [4.69, 9.17) is 11.1 Å². The van der Waals surface area contributed by atoms with Gasteiger partial charge in [-0.2, -0.15) is 0 Å². The van der Waals surface area contributed by atoms with Gasteiger partial charge in [-0.05, 0) is 40.7 Å². The molecule has 0 spiro atoms. The van der Waals surface area contributed by atoms with Crippen LogP contribution in [0.1, 0.15) is 22.3 Å². The molecule has 0 fully saturated rings. The molecule has 0 saturated carbocycles. The van der Waals surface area contributed by atoms with Gasteiger partial charge in [0.1, 0.15) is 0 Å². The fraction of sp³-hybridized carbons (Fsp3) is 0.167. The van der Waals surface area contributed by atoms with Crippen LogP contribution in [0.2, 0.25) is 0 Å². The number of amidine groups is 1. The number of fused-ring (bicyclic) bond motifs is 2. The Balaban J connectivity index is 2.09. The van der Waals surface area contributed by atoms with Crippen molar-refractivity contribution in [2.45, 2.75) is 12.8 Å². The van der Waals surface area contributed by atoms with Crippen molar-refractivity contribution < 1.29 is 0 Å². The SMILES string of the molecule is N=C(N)SCC=C1c2ccccc2CCc2ccccc21. The monoisotopic (exact) mass is 294 g/mol. The number of aryl methyl sites for hydroxylation is 2. The molecule has 106 valence electrons. The molecule has 0 saturated heterocycles. The summed E-state index contributed by atoms with van der Waals surface area (Å²) in [6.45, 7) is 0. The number of hydrogen-bond acceptors (Lipinski definition) is 2. The molecule has 0 aromatic heterocycles. The van der Waals surface area contributed by atoms with E-state index in [9.17, 15) is 0 Å². The van der Waals surface area contributed by atoms with Crippen LogP contribution in [0.15, 0.2) is 54.6 Å². The van der Waals surface area contributed by atoms with Crippen LogP contribution in [0, 0.1) is 5.41 Å². The van der Waals surface area contributed by atoms with E-state index in [-0.39, 0.29) is 5.17 Å². The third kappa shape index (κ3) is 3.03. The van der Waals surface area contributed by atoms with Crippen molar-refractivity contribution in [1.82, 2.24) is 0 Å². The second kappa shape index (κ2) is 6.19. The fourth-order valence-corrected chi connectivity index (χ4v) is 3.28. The highest BCUT2D eigenvalue weighted by Gasteiger charge is 2.16. The fourth-order valence-electron chi connectivity index (χ4n) is 2.85. The van der Waals surface area contributed by atoms with Crippen LogP contribution < -0.4 is 5.73 Å². The molecule has 3 rings (SSSR count). The standard InChI is InChI=1S/C18H18N2S/c19-18(20)21-12-11-17-15-7-3-1-5-13(15)9-10-14-6-2-4-8-16(14)17/h1-8,11H,9-10,12H2,(H3,19,20). The summed E-state index contributed by atoms with van der Waals surface area (Å²) in [6, 6.07) is 17.2. The molecule has 0 atom stereocenters. The van der Waals surface area contributed by atoms with E-state index in [1.165, 1.54) is 39.6 Å². The first-order valence-electron chi connectivity index (χ1n) is 7.09. The van der Waals surface area contributed by atoms with E-state index < -0.39 is 0 Å². The van der Waals surface area contributed by atoms with Gasteiger partial charge < -0.3 is 5.73 Å². The number of nitrogens with two attached hydrogens (primary N) is 1. The average molecular weight is 294 g/mol. The number of thioether (sulfide) groups is 1. The lowest BCUT2D eigenvalue weighted by Crippen LogP contribution is -2.04. The van der Waals surface area contributed by atoms with Crippen molar-refractivity contribution in [3.63, 3.8) is 0 Å². The van der Waals surface area contributed by atoms with Crippen LogP contribution in [-0.4, -0.2) is 10.9 Å². The average Bonchev–Trinajstić information content (AvgIpc) is 2.65. The Kier molecular flexibility index (Phi) is 4.11. The molecule has 0 aliphatic heterocycles. The zero-order chi connectivity index (χ0) is 14.7. The van der Waals surface area contributed by atoms with Gasteiger partial charge in [0.2, 0.25) is 0 Å². The molecular weight excluding hydrogens is 276 g/mol. The van der Waals surface area contributed by atoms with Gasteiger partial charge in [-0.15, -0.1) is 0 Å². The minimum absolute atomic E-state index is 0.169. The Morgan fingerprint density at radius 2 is 1.52 bits per heavy atom. The Labute approximate surface area is 129 Å². The van der Waals surface area contributed by atoms with Crippen LogP contribution >= 0.6 is 11.8 Å². The van der Waals surface area contributed by atoms with Gasteiger partial charge in [0.25, 0.3) is 0 Å². The first-order chi connectivity index (χ1) is 10.3. The summed E-state index contributed by atoms with van der Waals surface area (Å²) >= 11 is 1.37. The van der Waals surface area contributed by atoms with Gasteiger partial charge in [0.15, 0.2) is 5.17 Å². The Bertz CT molecular complexity index is 654. The first-order valence-corrected chi connectivity index (χ1v) is 8.08. The van der Waals surface area contributed by atoms with Gasteiger partial charge in [-0.25, -0.2) is 0 Å². The third-order valence-corrected chi connectivity index (χ3v) is 4.45. The van der Waals surface area contributed by atoms with E-state index in [0.717, 1.165) is 18.6 Å². The normalized spacial score (nSPS) is 13.0. The van der Waals surface area contributed by atoms with E-state index in [0.29, 0.717) is 0 Å². The highest BCUT2D eigenvalue weighted by molar-refractivity contribution is 8.13. The first kappa shape index (κ1) is 14.0. The van der Waals surface area contributed by atoms with E-state index >= 15 is 0 Å². The van der Waals surface area contributed by atoms with Gasteiger partial charge in [-0.1, -0.05) is 66.4 Å². The summed E-state index contributed by atoms with van der Waals surface area (Å²) in [5.41, 5.74) is 12.1. The zero-order valence-electron chi connectivity index (χ0n) is 11.8. The lowest BCUT2D eigenvalue weighted by Gasteiger charge is -2.11. The van der Waals surface area contributed by atoms with Crippen LogP contribution in [0.3, 0.4) is 0 Å². The highest BCUT2D eigenvalue weighted by atomic mass is 32.2. The Morgan fingerprint density at radius 1 is 1.00 bits per heavy atom. The lowest BCUT2D eigenvalue weighted by molar-refractivity contribution is 0.965. The summed E-state index contributed by atoms with van der Waals surface area (Å²) < 4.78 is 0. The minimum Gasteiger partial charge on any atom is -0.379 e. The van der Waals surface area contributed by atoms with E-state index in [1.54, 1.807) is 0 Å². The van der Waals surface area contributed by atoms with Crippen LogP contribution in [-0.2, 0) is 12.8 Å². The van der Waals surface area contributed by atoms with Crippen molar-refractivity contribution >= 4 is 22.5 Å².